The van der Waals surface area contributed by atoms with Crippen LogP contribution in [0.3, 0.4) is 0 Å². The van der Waals surface area contributed by atoms with E-state index in [0.717, 1.165) is 11.3 Å². The average molecular weight is 511 g/mol. The molecule has 1 aliphatic heterocycles. The zero-order valence-corrected chi connectivity index (χ0v) is 21.1. The van der Waals surface area contributed by atoms with Gasteiger partial charge >= 0.3 is 0 Å². The van der Waals surface area contributed by atoms with Crippen molar-refractivity contribution >= 4 is 11.8 Å². The van der Waals surface area contributed by atoms with Gasteiger partial charge in [-0.25, -0.2) is 4.39 Å². The summed E-state index contributed by atoms with van der Waals surface area (Å²) < 4.78 is 35.3. The van der Waals surface area contributed by atoms with Crippen LogP contribution in [0.15, 0.2) is 59.0 Å². The van der Waals surface area contributed by atoms with Crippen LogP contribution in [0, 0.1) is 12.7 Å². The van der Waals surface area contributed by atoms with E-state index in [1.807, 2.05) is 26.0 Å². The van der Waals surface area contributed by atoms with Gasteiger partial charge < -0.3 is 28.4 Å². The maximum absolute atomic E-state index is 13.6. The van der Waals surface area contributed by atoms with Gasteiger partial charge in [0.25, 0.3) is 5.91 Å². The first-order valence-electron chi connectivity index (χ1n) is 12.3. The summed E-state index contributed by atoms with van der Waals surface area (Å²) in [5.41, 5.74) is 1.17. The molecule has 2 heterocycles. The molecule has 0 saturated heterocycles. The van der Waals surface area contributed by atoms with Crippen molar-refractivity contribution in [2.45, 2.75) is 33.4 Å². The van der Waals surface area contributed by atoms with E-state index in [1.165, 1.54) is 17.0 Å². The minimum Gasteiger partial charge on any atom is -0.464 e. The number of benzene rings is 2. The van der Waals surface area contributed by atoms with E-state index in [9.17, 15) is 14.0 Å². The molecular formula is C28H31FN2O6. The van der Waals surface area contributed by atoms with Crippen LogP contribution >= 0.6 is 0 Å². The third-order valence-corrected chi connectivity index (χ3v) is 5.94. The molecular weight excluding hydrogens is 479 g/mol. The van der Waals surface area contributed by atoms with Crippen LogP contribution in [0.5, 0.6) is 11.5 Å². The normalized spacial score (nSPS) is 12.0. The van der Waals surface area contributed by atoms with E-state index in [-0.39, 0.29) is 44.1 Å². The van der Waals surface area contributed by atoms with Gasteiger partial charge in [0.1, 0.15) is 23.9 Å². The standard InChI is InChI=1S/C28H31FN2O6/c1-3-34-14-4-13-30(28(33)22-8-12-25-26(15-22)36-19-35-25)18-27(32)31(17-24-11-5-20(2)37-24)16-21-6-9-23(29)10-7-21/h5-12,15H,3-4,13-14,16-19H2,1-2H3. The van der Waals surface area contributed by atoms with E-state index in [1.54, 1.807) is 35.2 Å². The monoisotopic (exact) mass is 510 g/mol. The Morgan fingerprint density at radius 2 is 1.76 bits per heavy atom. The van der Waals surface area contributed by atoms with Crippen molar-refractivity contribution < 1.29 is 32.6 Å². The number of fused-ring (bicyclic) bond motifs is 1. The number of ether oxygens (including phenoxy) is 3. The Labute approximate surface area is 215 Å². The van der Waals surface area contributed by atoms with Crippen LogP contribution in [-0.2, 0) is 22.6 Å². The Balaban J connectivity index is 1.53. The molecule has 1 aromatic heterocycles. The lowest BCUT2D eigenvalue weighted by Crippen LogP contribution is -2.43. The summed E-state index contributed by atoms with van der Waals surface area (Å²) in [5, 5.41) is 0. The summed E-state index contributed by atoms with van der Waals surface area (Å²) in [5.74, 6) is 1.53. The second kappa shape index (κ2) is 12.4. The number of halogens is 1. The van der Waals surface area contributed by atoms with Gasteiger partial charge in [0.2, 0.25) is 12.7 Å². The lowest BCUT2D eigenvalue weighted by Gasteiger charge is -2.27. The molecule has 2 aromatic carbocycles. The van der Waals surface area contributed by atoms with E-state index < -0.39 is 0 Å². The maximum atomic E-state index is 13.6. The minimum atomic E-state index is -0.349. The molecule has 0 saturated carbocycles. The van der Waals surface area contributed by atoms with Gasteiger partial charge in [-0.15, -0.1) is 0 Å². The van der Waals surface area contributed by atoms with Gasteiger partial charge in [-0.05, 0) is 68.3 Å². The van der Waals surface area contributed by atoms with Gasteiger partial charge in [0.05, 0.1) is 6.54 Å². The fraction of sp³-hybridized carbons (Fsp3) is 0.357. The molecule has 2 amide bonds. The quantitative estimate of drug-likeness (QED) is 0.333. The molecule has 0 spiro atoms. The van der Waals surface area contributed by atoms with Crippen LogP contribution in [0.4, 0.5) is 4.39 Å². The number of amides is 2. The zero-order chi connectivity index (χ0) is 26.2. The molecule has 1 aliphatic rings. The average Bonchev–Trinajstić information content (AvgIpc) is 3.54. The van der Waals surface area contributed by atoms with E-state index in [4.69, 9.17) is 18.6 Å². The van der Waals surface area contributed by atoms with Crippen molar-refractivity contribution in [1.29, 1.82) is 0 Å². The molecule has 0 radical (unpaired) electrons. The lowest BCUT2D eigenvalue weighted by atomic mass is 10.1. The van der Waals surface area contributed by atoms with Crippen molar-refractivity contribution in [3.8, 4) is 11.5 Å². The first-order chi connectivity index (χ1) is 17.9. The Bertz CT molecular complexity index is 1210. The number of carbonyl (C=O) groups excluding carboxylic acids is 2. The SMILES string of the molecule is CCOCCCN(CC(=O)N(Cc1ccc(F)cc1)Cc1ccc(C)o1)C(=O)c1ccc2c(c1)OCO2. The summed E-state index contributed by atoms with van der Waals surface area (Å²) in [7, 11) is 0. The van der Waals surface area contributed by atoms with Crippen LogP contribution in [-0.4, -0.2) is 54.7 Å². The van der Waals surface area contributed by atoms with Gasteiger partial charge in [-0.2, -0.15) is 0 Å². The van der Waals surface area contributed by atoms with Crippen LogP contribution in [0.1, 0.15) is 40.8 Å². The van der Waals surface area contributed by atoms with E-state index >= 15 is 0 Å². The number of carbonyl (C=O) groups is 2. The Morgan fingerprint density at radius 3 is 2.49 bits per heavy atom. The van der Waals surface area contributed by atoms with Gasteiger partial charge in [0, 0.05) is 31.9 Å². The summed E-state index contributed by atoms with van der Waals surface area (Å²) in [4.78, 5) is 30.2. The van der Waals surface area contributed by atoms with Crippen molar-refractivity contribution in [3.63, 3.8) is 0 Å². The Morgan fingerprint density at radius 1 is 0.973 bits per heavy atom. The number of aryl methyl sites for hydroxylation is 1. The molecule has 0 N–H and O–H groups in total. The fourth-order valence-corrected chi connectivity index (χ4v) is 4.03. The molecule has 4 rings (SSSR count). The molecule has 0 unspecified atom stereocenters. The summed E-state index contributed by atoms with van der Waals surface area (Å²) >= 11 is 0. The highest BCUT2D eigenvalue weighted by Gasteiger charge is 2.25. The summed E-state index contributed by atoms with van der Waals surface area (Å²) in [6.45, 7) is 5.54. The molecule has 3 aromatic rings. The number of rotatable bonds is 12. The maximum Gasteiger partial charge on any atom is 0.254 e. The van der Waals surface area contributed by atoms with Crippen molar-refractivity contribution in [2.24, 2.45) is 0 Å². The molecule has 0 atom stereocenters. The number of nitrogens with zero attached hydrogens (tertiary/aromatic N) is 2. The molecule has 9 heteroatoms. The predicted octanol–water partition coefficient (Wildman–Crippen LogP) is 4.55. The third kappa shape index (κ3) is 7.10. The highest BCUT2D eigenvalue weighted by molar-refractivity contribution is 5.97. The first kappa shape index (κ1) is 26.2. The fourth-order valence-electron chi connectivity index (χ4n) is 4.03. The molecule has 0 aliphatic carbocycles. The summed E-state index contributed by atoms with van der Waals surface area (Å²) in [6.07, 6.45) is 0.576. The van der Waals surface area contributed by atoms with Gasteiger partial charge in [-0.1, -0.05) is 12.1 Å². The topological polar surface area (TPSA) is 81.5 Å². The highest BCUT2D eigenvalue weighted by atomic mass is 19.1. The third-order valence-electron chi connectivity index (χ3n) is 5.94. The van der Waals surface area contributed by atoms with Crippen molar-refractivity contribution in [3.05, 3.63) is 83.1 Å². The molecule has 0 fully saturated rings. The van der Waals surface area contributed by atoms with Crippen molar-refractivity contribution in [2.75, 3.05) is 33.1 Å². The number of hydrogen-bond donors (Lipinski definition) is 0. The van der Waals surface area contributed by atoms with E-state index in [2.05, 4.69) is 0 Å². The van der Waals surface area contributed by atoms with Crippen LogP contribution in [0.2, 0.25) is 0 Å². The largest absolute Gasteiger partial charge is 0.464 e. The second-order valence-corrected chi connectivity index (χ2v) is 8.73. The Kier molecular flexibility index (Phi) is 8.79. The van der Waals surface area contributed by atoms with Gasteiger partial charge in [0.15, 0.2) is 11.5 Å². The van der Waals surface area contributed by atoms with Crippen LogP contribution < -0.4 is 9.47 Å². The molecule has 37 heavy (non-hydrogen) atoms. The predicted molar refractivity (Wildman–Crippen MR) is 134 cm³/mol. The minimum absolute atomic E-state index is 0.105. The van der Waals surface area contributed by atoms with Gasteiger partial charge in [-0.3, -0.25) is 9.59 Å². The number of hydrogen-bond acceptors (Lipinski definition) is 6. The lowest BCUT2D eigenvalue weighted by molar-refractivity contribution is -0.133. The first-order valence-corrected chi connectivity index (χ1v) is 12.3. The highest BCUT2D eigenvalue weighted by Crippen LogP contribution is 2.32. The summed E-state index contributed by atoms with van der Waals surface area (Å²) in [6, 6.07) is 14.6. The smallest absolute Gasteiger partial charge is 0.254 e. The molecule has 0 bridgehead atoms. The van der Waals surface area contributed by atoms with E-state index in [0.29, 0.717) is 49.0 Å². The molecule has 196 valence electrons. The Hall–Kier alpha value is -3.85. The van der Waals surface area contributed by atoms with Crippen molar-refractivity contribution in [1.82, 2.24) is 9.80 Å². The molecule has 8 nitrogen and oxygen atoms in total. The van der Waals surface area contributed by atoms with Crippen LogP contribution in [0.25, 0.3) is 0 Å². The zero-order valence-electron chi connectivity index (χ0n) is 21.1. The number of furan rings is 1. The second-order valence-electron chi connectivity index (χ2n) is 8.73.